The molecule has 24 heavy (non-hydrogen) atoms. The van der Waals surface area contributed by atoms with Crippen LogP contribution in [0.3, 0.4) is 0 Å². The second kappa shape index (κ2) is 7.68. The molecule has 0 saturated carbocycles. The van der Waals surface area contributed by atoms with E-state index in [0.717, 1.165) is 25.9 Å². The Balaban J connectivity index is 1.50. The van der Waals surface area contributed by atoms with E-state index in [2.05, 4.69) is 39.0 Å². The van der Waals surface area contributed by atoms with Gasteiger partial charge in [0, 0.05) is 30.2 Å². The van der Waals surface area contributed by atoms with Crippen molar-refractivity contribution in [3.05, 3.63) is 36.0 Å². The van der Waals surface area contributed by atoms with Crippen molar-refractivity contribution in [2.75, 3.05) is 26.7 Å². The zero-order chi connectivity index (χ0) is 16.9. The smallest absolute Gasteiger partial charge is 0.438 e. The number of para-hydroxylation sites is 1. The Kier molecular flexibility index (Phi) is 5.37. The summed E-state index contributed by atoms with van der Waals surface area (Å²) in [5.41, 5.74) is 2.49. The number of aromatic amines is 1. The fourth-order valence-corrected chi connectivity index (χ4v) is 3.29. The summed E-state index contributed by atoms with van der Waals surface area (Å²) in [6.45, 7) is 2.27. The van der Waals surface area contributed by atoms with E-state index in [1.165, 1.54) is 23.6 Å². The molecule has 1 aliphatic heterocycles. The third-order valence-corrected chi connectivity index (χ3v) is 4.62. The van der Waals surface area contributed by atoms with Crippen molar-refractivity contribution in [3.8, 4) is 0 Å². The van der Waals surface area contributed by atoms with Crippen LogP contribution in [0.2, 0.25) is 0 Å². The Labute approximate surface area is 141 Å². The van der Waals surface area contributed by atoms with Crippen molar-refractivity contribution in [1.29, 1.82) is 0 Å². The molecule has 1 aliphatic rings. The van der Waals surface area contributed by atoms with Crippen molar-refractivity contribution in [2.45, 2.75) is 31.5 Å². The number of aromatic nitrogens is 1. The molecule has 0 aliphatic carbocycles. The molecule has 2 aromatic rings. The van der Waals surface area contributed by atoms with Gasteiger partial charge in [-0.2, -0.15) is 0 Å². The normalized spacial score (nSPS) is 21.8. The minimum atomic E-state index is -0.736. The molecule has 1 aromatic heterocycles. The highest BCUT2D eigenvalue weighted by Gasteiger charge is 2.30. The fourth-order valence-electron chi connectivity index (χ4n) is 3.29. The molecule has 0 radical (unpaired) electrons. The largest absolute Gasteiger partial charge is 0.508 e. The fraction of sp³-hybridized carbons (Fsp3) is 0.500. The Morgan fingerprint density at radius 2 is 2.25 bits per heavy atom. The monoisotopic (exact) mass is 332 g/mol. The number of hydrogen-bond acceptors (Lipinski definition) is 5. The van der Waals surface area contributed by atoms with Gasteiger partial charge in [-0.25, -0.2) is 4.79 Å². The number of aryl methyl sites for hydroxylation is 1. The second-order valence-electron chi connectivity index (χ2n) is 6.23. The van der Waals surface area contributed by atoms with E-state index in [9.17, 15) is 9.90 Å². The van der Waals surface area contributed by atoms with Crippen LogP contribution in [0.1, 0.15) is 18.4 Å². The number of H-pyrrole nitrogens is 1. The van der Waals surface area contributed by atoms with Gasteiger partial charge in [0.05, 0.1) is 13.2 Å². The lowest BCUT2D eigenvalue weighted by Gasteiger charge is -2.35. The van der Waals surface area contributed by atoms with Crippen LogP contribution in [0.15, 0.2) is 30.5 Å². The number of nitrogens with zero attached hydrogens (tertiary/aromatic N) is 1. The van der Waals surface area contributed by atoms with E-state index in [-0.39, 0.29) is 0 Å². The lowest BCUT2D eigenvalue weighted by molar-refractivity contribution is -0.0642. The third kappa shape index (κ3) is 3.88. The quantitative estimate of drug-likeness (QED) is 0.822. The predicted molar refractivity (Wildman–Crippen MR) is 91.0 cm³/mol. The standard InChI is InChI=1S/C18H24N2O4/c1-23-18(22)24-17-12-20(10-8-16(17)21)9-4-5-13-11-19-15-7-3-2-6-14(13)15/h2-3,6-7,11,16-17,19,21H,4-5,8-10,12H2,1H3/t16-,17-/m0/s1. The van der Waals surface area contributed by atoms with E-state index >= 15 is 0 Å². The van der Waals surface area contributed by atoms with Crippen LogP contribution >= 0.6 is 0 Å². The van der Waals surface area contributed by atoms with Crippen LogP contribution in [0.5, 0.6) is 0 Å². The number of methoxy groups -OCH3 is 1. The van der Waals surface area contributed by atoms with Gasteiger partial charge in [0.15, 0.2) is 0 Å². The van der Waals surface area contributed by atoms with Crippen molar-refractivity contribution in [3.63, 3.8) is 0 Å². The molecular formula is C18H24N2O4. The van der Waals surface area contributed by atoms with Crippen LogP contribution in [-0.4, -0.2) is 60.1 Å². The van der Waals surface area contributed by atoms with Crippen molar-refractivity contribution < 1.29 is 19.4 Å². The average molecular weight is 332 g/mol. The molecule has 0 bridgehead atoms. The van der Waals surface area contributed by atoms with Crippen molar-refractivity contribution >= 4 is 17.1 Å². The number of ether oxygens (including phenoxy) is 2. The Hall–Kier alpha value is -2.05. The summed E-state index contributed by atoms with van der Waals surface area (Å²) < 4.78 is 9.65. The van der Waals surface area contributed by atoms with Crippen LogP contribution in [0, 0.1) is 0 Å². The molecule has 3 rings (SSSR count). The summed E-state index contributed by atoms with van der Waals surface area (Å²) in [6.07, 6.45) is 2.82. The summed E-state index contributed by atoms with van der Waals surface area (Å²) in [5.74, 6) is 0. The van der Waals surface area contributed by atoms with E-state index < -0.39 is 18.4 Å². The highest BCUT2D eigenvalue weighted by atomic mass is 16.7. The summed E-state index contributed by atoms with van der Waals surface area (Å²) in [4.78, 5) is 16.8. The number of piperidine rings is 1. The maximum Gasteiger partial charge on any atom is 0.508 e. The molecule has 0 amide bonds. The van der Waals surface area contributed by atoms with Gasteiger partial charge in [0.25, 0.3) is 0 Å². The first-order valence-corrected chi connectivity index (χ1v) is 8.37. The number of hydrogen-bond donors (Lipinski definition) is 2. The van der Waals surface area contributed by atoms with Gasteiger partial charge in [0.1, 0.15) is 6.10 Å². The van der Waals surface area contributed by atoms with Gasteiger partial charge < -0.3 is 19.6 Å². The minimum Gasteiger partial charge on any atom is -0.438 e. The van der Waals surface area contributed by atoms with Gasteiger partial charge >= 0.3 is 6.16 Å². The van der Waals surface area contributed by atoms with E-state index in [0.29, 0.717) is 13.0 Å². The first-order valence-electron chi connectivity index (χ1n) is 8.37. The first-order chi connectivity index (χ1) is 11.7. The summed E-state index contributed by atoms with van der Waals surface area (Å²) in [7, 11) is 1.27. The molecule has 1 saturated heterocycles. The number of nitrogens with one attached hydrogen (secondary N) is 1. The molecular weight excluding hydrogens is 308 g/mol. The van der Waals surface area contributed by atoms with Gasteiger partial charge in [-0.3, -0.25) is 4.90 Å². The molecule has 0 spiro atoms. The lowest BCUT2D eigenvalue weighted by atomic mass is 10.0. The molecule has 2 heterocycles. The second-order valence-corrected chi connectivity index (χ2v) is 6.23. The lowest BCUT2D eigenvalue weighted by Crippen LogP contribution is -2.49. The number of aliphatic hydroxyl groups is 1. The Morgan fingerprint density at radius 3 is 3.08 bits per heavy atom. The number of rotatable bonds is 5. The SMILES string of the molecule is COC(=O)O[C@H]1CN(CCCc2c[nH]c3ccccc23)CC[C@@H]1O. The zero-order valence-corrected chi connectivity index (χ0v) is 13.9. The summed E-state index contributed by atoms with van der Waals surface area (Å²) in [5, 5.41) is 11.2. The van der Waals surface area contributed by atoms with Crippen LogP contribution in [-0.2, 0) is 15.9 Å². The van der Waals surface area contributed by atoms with Crippen LogP contribution < -0.4 is 0 Å². The predicted octanol–water partition coefficient (Wildman–Crippen LogP) is 2.32. The number of aliphatic hydroxyl groups excluding tert-OH is 1. The molecule has 2 N–H and O–H groups in total. The summed E-state index contributed by atoms with van der Waals surface area (Å²) in [6, 6.07) is 8.31. The van der Waals surface area contributed by atoms with Gasteiger partial charge in [-0.1, -0.05) is 18.2 Å². The van der Waals surface area contributed by atoms with Crippen LogP contribution in [0.4, 0.5) is 4.79 Å². The Morgan fingerprint density at radius 1 is 1.42 bits per heavy atom. The number of carbonyl (C=O) groups is 1. The molecule has 6 heteroatoms. The highest BCUT2D eigenvalue weighted by Crippen LogP contribution is 2.20. The van der Waals surface area contributed by atoms with E-state index in [1.54, 1.807) is 0 Å². The number of benzene rings is 1. The van der Waals surface area contributed by atoms with E-state index in [4.69, 9.17) is 4.74 Å². The van der Waals surface area contributed by atoms with Crippen molar-refractivity contribution in [1.82, 2.24) is 9.88 Å². The molecule has 2 atom stereocenters. The molecule has 1 aromatic carbocycles. The highest BCUT2D eigenvalue weighted by molar-refractivity contribution is 5.82. The van der Waals surface area contributed by atoms with Gasteiger partial charge in [-0.05, 0) is 37.4 Å². The zero-order valence-electron chi connectivity index (χ0n) is 13.9. The minimum absolute atomic E-state index is 0.515. The number of carbonyl (C=O) groups excluding carboxylic acids is 1. The average Bonchev–Trinajstić information content (AvgIpc) is 3.01. The van der Waals surface area contributed by atoms with Gasteiger partial charge in [0.2, 0.25) is 0 Å². The third-order valence-electron chi connectivity index (χ3n) is 4.62. The molecule has 0 unspecified atom stereocenters. The summed E-state index contributed by atoms with van der Waals surface area (Å²) >= 11 is 0. The molecule has 1 fully saturated rings. The Bertz CT molecular complexity index is 684. The maximum absolute atomic E-state index is 11.2. The maximum atomic E-state index is 11.2. The molecule has 130 valence electrons. The molecule has 6 nitrogen and oxygen atoms in total. The topological polar surface area (TPSA) is 74.8 Å². The van der Waals surface area contributed by atoms with E-state index in [1.807, 2.05) is 6.07 Å². The number of likely N-dealkylation sites (tertiary alicyclic amines) is 1. The number of fused-ring (bicyclic) bond motifs is 1. The van der Waals surface area contributed by atoms with Gasteiger partial charge in [-0.15, -0.1) is 0 Å². The van der Waals surface area contributed by atoms with Crippen LogP contribution in [0.25, 0.3) is 10.9 Å². The first kappa shape index (κ1) is 16.8. The van der Waals surface area contributed by atoms with Crippen molar-refractivity contribution in [2.24, 2.45) is 0 Å².